The van der Waals surface area contributed by atoms with Gasteiger partial charge in [0.15, 0.2) is 0 Å². The molecule has 0 N–H and O–H groups in total. The van der Waals surface area contributed by atoms with E-state index in [2.05, 4.69) is 0 Å². The first-order chi connectivity index (χ1) is 11.4. The van der Waals surface area contributed by atoms with Crippen LogP contribution in [0.4, 0.5) is 5.69 Å². The molecule has 0 radical (unpaired) electrons. The zero-order chi connectivity index (χ0) is 17.6. The fourth-order valence-corrected chi connectivity index (χ4v) is 2.39. The Hall–Kier alpha value is -2.72. The Labute approximate surface area is 141 Å². The largest absolute Gasteiger partial charge is 0.490 e. The van der Waals surface area contributed by atoms with Crippen molar-refractivity contribution in [3.8, 4) is 17.6 Å². The van der Waals surface area contributed by atoms with Gasteiger partial charge in [-0.05, 0) is 48.5 Å². The third-order valence-electron chi connectivity index (χ3n) is 3.30. The maximum absolute atomic E-state index is 11.5. The lowest BCUT2D eigenvalue weighted by atomic mass is 10.2. The molecule has 0 saturated carbocycles. The first-order valence-corrected chi connectivity index (χ1v) is 9.05. The molecule has 0 saturated heterocycles. The molecule has 0 aliphatic rings. The van der Waals surface area contributed by atoms with Crippen LogP contribution in [0.5, 0.6) is 11.5 Å². The number of nitriles is 1. The second-order valence-electron chi connectivity index (χ2n) is 5.06. The summed E-state index contributed by atoms with van der Waals surface area (Å²) < 4.78 is 35.2. The van der Waals surface area contributed by atoms with Crippen molar-refractivity contribution in [3.63, 3.8) is 0 Å². The summed E-state index contributed by atoms with van der Waals surface area (Å²) in [7, 11) is -1.78. The Morgan fingerprint density at radius 1 is 0.958 bits per heavy atom. The average molecular weight is 346 g/mol. The Morgan fingerprint density at radius 2 is 1.42 bits per heavy atom. The standard InChI is InChI=1S/C17H18N2O4S/c1-19(24(2,20)21)15-5-9-17(10-6-15)23-12-11-22-16-7-3-14(13-18)4-8-16/h3-10H,11-12H2,1-2H3. The molecule has 0 unspecified atom stereocenters. The smallest absolute Gasteiger partial charge is 0.231 e. The first kappa shape index (κ1) is 17.6. The number of sulfonamides is 1. The molecular weight excluding hydrogens is 328 g/mol. The van der Waals surface area contributed by atoms with Gasteiger partial charge in [-0.2, -0.15) is 5.26 Å². The highest BCUT2D eigenvalue weighted by atomic mass is 32.2. The van der Waals surface area contributed by atoms with E-state index in [4.69, 9.17) is 14.7 Å². The quantitative estimate of drug-likeness (QED) is 0.719. The number of ether oxygens (including phenoxy) is 2. The van der Waals surface area contributed by atoms with Gasteiger partial charge in [0, 0.05) is 7.05 Å². The van der Waals surface area contributed by atoms with E-state index < -0.39 is 10.0 Å². The van der Waals surface area contributed by atoms with Crippen LogP contribution < -0.4 is 13.8 Å². The Kier molecular flexibility index (Phi) is 5.66. The predicted molar refractivity (Wildman–Crippen MR) is 91.8 cm³/mol. The molecule has 126 valence electrons. The Morgan fingerprint density at radius 3 is 1.83 bits per heavy atom. The average Bonchev–Trinajstić information content (AvgIpc) is 2.58. The van der Waals surface area contributed by atoms with Crippen molar-refractivity contribution < 1.29 is 17.9 Å². The SMILES string of the molecule is CN(c1ccc(OCCOc2ccc(C#N)cc2)cc1)S(C)(=O)=O. The summed E-state index contributed by atoms with van der Waals surface area (Å²) >= 11 is 0. The van der Waals surface area contributed by atoms with Gasteiger partial charge in [0.1, 0.15) is 24.7 Å². The summed E-state index contributed by atoms with van der Waals surface area (Å²) in [4.78, 5) is 0. The molecule has 2 aromatic carbocycles. The van der Waals surface area contributed by atoms with Crippen molar-refractivity contribution >= 4 is 15.7 Å². The van der Waals surface area contributed by atoms with Gasteiger partial charge in [-0.15, -0.1) is 0 Å². The summed E-state index contributed by atoms with van der Waals surface area (Å²) in [6.07, 6.45) is 1.15. The summed E-state index contributed by atoms with van der Waals surface area (Å²) in [5, 5.41) is 8.72. The third-order valence-corrected chi connectivity index (χ3v) is 4.51. The molecule has 0 amide bonds. The zero-order valence-corrected chi connectivity index (χ0v) is 14.3. The van der Waals surface area contributed by atoms with E-state index in [1.165, 1.54) is 11.4 Å². The van der Waals surface area contributed by atoms with Gasteiger partial charge in [-0.1, -0.05) is 0 Å². The molecular formula is C17H18N2O4S. The topological polar surface area (TPSA) is 79.6 Å². The number of hydrogen-bond donors (Lipinski definition) is 0. The molecule has 0 aliphatic heterocycles. The molecule has 0 fully saturated rings. The summed E-state index contributed by atoms with van der Waals surface area (Å²) in [5.74, 6) is 1.30. The van der Waals surface area contributed by atoms with Crippen molar-refractivity contribution in [2.45, 2.75) is 0 Å². The highest BCUT2D eigenvalue weighted by Gasteiger charge is 2.11. The molecule has 2 rings (SSSR count). The maximum Gasteiger partial charge on any atom is 0.231 e. The Balaban J connectivity index is 1.81. The highest BCUT2D eigenvalue weighted by molar-refractivity contribution is 7.92. The van der Waals surface area contributed by atoms with E-state index in [1.54, 1.807) is 48.5 Å². The number of benzene rings is 2. The van der Waals surface area contributed by atoms with Crippen molar-refractivity contribution in [2.24, 2.45) is 0 Å². The van der Waals surface area contributed by atoms with E-state index >= 15 is 0 Å². The van der Waals surface area contributed by atoms with Crippen LogP contribution in [-0.2, 0) is 10.0 Å². The molecule has 24 heavy (non-hydrogen) atoms. The van der Waals surface area contributed by atoms with Gasteiger partial charge in [0.05, 0.1) is 23.6 Å². The van der Waals surface area contributed by atoms with Gasteiger partial charge in [0.2, 0.25) is 10.0 Å². The fraction of sp³-hybridized carbons (Fsp3) is 0.235. The van der Waals surface area contributed by atoms with Gasteiger partial charge in [0.25, 0.3) is 0 Å². The molecule has 0 heterocycles. The third kappa shape index (κ3) is 4.89. The lowest BCUT2D eigenvalue weighted by Crippen LogP contribution is -2.24. The van der Waals surface area contributed by atoms with Crippen molar-refractivity contribution in [3.05, 3.63) is 54.1 Å². The highest BCUT2D eigenvalue weighted by Crippen LogP contribution is 2.20. The van der Waals surface area contributed by atoms with E-state index in [1.807, 2.05) is 6.07 Å². The minimum atomic E-state index is -3.27. The zero-order valence-electron chi connectivity index (χ0n) is 13.5. The molecule has 0 spiro atoms. The molecule has 0 aromatic heterocycles. The second-order valence-corrected chi connectivity index (χ2v) is 7.07. The summed E-state index contributed by atoms with van der Waals surface area (Å²) in [6.45, 7) is 0.707. The minimum absolute atomic E-state index is 0.348. The number of anilines is 1. The normalized spacial score (nSPS) is 10.7. The molecule has 0 aliphatic carbocycles. The summed E-state index contributed by atoms with van der Waals surface area (Å²) in [6, 6.07) is 15.7. The van der Waals surface area contributed by atoms with Crippen LogP contribution >= 0.6 is 0 Å². The van der Waals surface area contributed by atoms with E-state index in [9.17, 15) is 8.42 Å². The van der Waals surface area contributed by atoms with Gasteiger partial charge < -0.3 is 9.47 Å². The molecule has 7 heteroatoms. The second kappa shape index (κ2) is 7.70. The van der Waals surface area contributed by atoms with Crippen LogP contribution in [0.15, 0.2) is 48.5 Å². The number of rotatable bonds is 7. The first-order valence-electron chi connectivity index (χ1n) is 7.20. The summed E-state index contributed by atoms with van der Waals surface area (Å²) in [5.41, 5.74) is 1.15. The van der Waals surface area contributed by atoms with Crippen molar-refractivity contribution in [2.75, 3.05) is 30.8 Å². The van der Waals surface area contributed by atoms with Crippen LogP contribution in [0, 0.1) is 11.3 Å². The molecule has 6 nitrogen and oxygen atoms in total. The monoisotopic (exact) mass is 346 g/mol. The molecule has 0 bridgehead atoms. The molecule has 2 aromatic rings. The number of hydrogen-bond acceptors (Lipinski definition) is 5. The van der Waals surface area contributed by atoms with Crippen LogP contribution in [0.3, 0.4) is 0 Å². The maximum atomic E-state index is 11.5. The lowest BCUT2D eigenvalue weighted by Gasteiger charge is -2.16. The van der Waals surface area contributed by atoms with Crippen LogP contribution in [0.25, 0.3) is 0 Å². The predicted octanol–water partition coefficient (Wildman–Crippen LogP) is 2.41. The van der Waals surface area contributed by atoms with Gasteiger partial charge >= 0.3 is 0 Å². The van der Waals surface area contributed by atoms with Crippen molar-refractivity contribution in [1.82, 2.24) is 0 Å². The van der Waals surface area contributed by atoms with Crippen LogP contribution in [0.2, 0.25) is 0 Å². The number of nitrogens with zero attached hydrogens (tertiary/aromatic N) is 2. The van der Waals surface area contributed by atoms with Crippen LogP contribution in [-0.4, -0.2) is 34.9 Å². The Bertz CT molecular complexity index is 809. The molecule has 0 atom stereocenters. The van der Waals surface area contributed by atoms with E-state index in [0.717, 1.165) is 6.26 Å². The minimum Gasteiger partial charge on any atom is -0.490 e. The van der Waals surface area contributed by atoms with Gasteiger partial charge in [-0.3, -0.25) is 4.31 Å². The van der Waals surface area contributed by atoms with E-state index in [-0.39, 0.29) is 0 Å². The van der Waals surface area contributed by atoms with Crippen molar-refractivity contribution in [1.29, 1.82) is 5.26 Å². The fourth-order valence-electron chi connectivity index (χ4n) is 1.89. The van der Waals surface area contributed by atoms with Gasteiger partial charge in [-0.25, -0.2) is 8.42 Å². The van der Waals surface area contributed by atoms with Crippen LogP contribution in [0.1, 0.15) is 5.56 Å². The lowest BCUT2D eigenvalue weighted by molar-refractivity contribution is 0.217. The van der Waals surface area contributed by atoms with E-state index in [0.29, 0.717) is 36.0 Å².